The Morgan fingerprint density at radius 3 is 2.95 bits per heavy atom. The predicted octanol–water partition coefficient (Wildman–Crippen LogP) is 3.62. The summed E-state index contributed by atoms with van der Waals surface area (Å²) >= 11 is 6.03. The van der Waals surface area contributed by atoms with Gasteiger partial charge in [-0.2, -0.15) is 5.10 Å². The van der Waals surface area contributed by atoms with Crippen LogP contribution in [-0.4, -0.2) is 12.1 Å². The molecule has 0 bridgehead atoms. The highest BCUT2D eigenvalue weighted by atomic mass is 35.5. The Morgan fingerprint density at radius 1 is 1.45 bits per heavy atom. The zero-order chi connectivity index (χ0) is 14.2. The van der Waals surface area contributed by atoms with Gasteiger partial charge in [-0.25, -0.2) is 5.43 Å². The molecule has 3 rings (SSSR count). The van der Waals surface area contributed by atoms with Crippen molar-refractivity contribution in [1.29, 1.82) is 0 Å². The molecular formula is C16H19ClN2O. The molecule has 0 radical (unpaired) electrons. The molecular weight excluding hydrogens is 272 g/mol. The van der Waals surface area contributed by atoms with Gasteiger partial charge in [-0.05, 0) is 30.2 Å². The van der Waals surface area contributed by atoms with Crippen molar-refractivity contribution in [3.63, 3.8) is 0 Å². The Morgan fingerprint density at radius 2 is 2.25 bits per heavy atom. The van der Waals surface area contributed by atoms with Crippen molar-refractivity contribution < 1.29 is 4.79 Å². The topological polar surface area (TPSA) is 41.5 Å². The Bertz CT molecular complexity index is 557. The molecule has 2 aliphatic rings. The Kier molecular flexibility index (Phi) is 3.55. The number of nitrogens with one attached hydrogen (secondary N) is 1. The van der Waals surface area contributed by atoms with E-state index in [1.54, 1.807) is 12.3 Å². The second-order valence-corrected chi connectivity index (χ2v) is 6.50. The number of nitrogens with zero attached hydrogens (tertiary/aromatic N) is 1. The van der Waals surface area contributed by atoms with Crippen LogP contribution >= 0.6 is 11.6 Å². The summed E-state index contributed by atoms with van der Waals surface area (Å²) in [6.07, 6.45) is 6.47. The van der Waals surface area contributed by atoms with Crippen LogP contribution in [0.25, 0.3) is 0 Å². The minimum absolute atomic E-state index is 0.0581. The molecule has 0 unspecified atom stereocenters. The SMILES string of the molecule is C[C@@]12CCCC[C@@H]1[C@@H]2C(=O)N/N=C\c1ccccc1Cl. The molecule has 3 atom stereocenters. The highest BCUT2D eigenvalue weighted by Gasteiger charge is 2.64. The van der Waals surface area contributed by atoms with E-state index in [2.05, 4.69) is 17.5 Å². The van der Waals surface area contributed by atoms with Crippen LogP contribution in [0, 0.1) is 17.3 Å². The van der Waals surface area contributed by atoms with Crippen LogP contribution in [0.5, 0.6) is 0 Å². The zero-order valence-electron chi connectivity index (χ0n) is 11.6. The van der Waals surface area contributed by atoms with Gasteiger partial charge in [-0.3, -0.25) is 4.79 Å². The van der Waals surface area contributed by atoms with Crippen LogP contribution in [-0.2, 0) is 4.79 Å². The summed E-state index contributed by atoms with van der Waals surface area (Å²) in [6.45, 7) is 2.23. The van der Waals surface area contributed by atoms with Crippen molar-refractivity contribution in [2.24, 2.45) is 22.4 Å². The summed E-state index contributed by atoms with van der Waals surface area (Å²) in [5, 5.41) is 4.68. The van der Waals surface area contributed by atoms with E-state index in [-0.39, 0.29) is 17.2 Å². The lowest BCUT2D eigenvalue weighted by Gasteiger charge is -2.15. The Hall–Kier alpha value is -1.35. The van der Waals surface area contributed by atoms with Crippen LogP contribution < -0.4 is 5.43 Å². The number of hydrazone groups is 1. The third-order valence-electron chi connectivity index (χ3n) is 4.90. The number of hydrogen-bond acceptors (Lipinski definition) is 2. The number of hydrogen-bond donors (Lipinski definition) is 1. The van der Waals surface area contributed by atoms with Gasteiger partial charge in [0, 0.05) is 16.5 Å². The van der Waals surface area contributed by atoms with Gasteiger partial charge in [0.05, 0.1) is 6.21 Å². The molecule has 20 heavy (non-hydrogen) atoms. The molecule has 2 fully saturated rings. The van der Waals surface area contributed by atoms with E-state index < -0.39 is 0 Å². The predicted molar refractivity (Wildman–Crippen MR) is 80.7 cm³/mol. The van der Waals surface area contributed by atoms with Gasteiger partial charge in [-0.1, -0.05) is 49.6 Å². The zero-order valence-corrected chi connectivity index (χ0v) is 12.4. The number of carbonyl (C=O) groups excluding carboxylic acids is 1. The number of benzene rings is 1. The largest absolute Gasteiger partial charge is 0.273 e. The lowest BCUT2D eigenvalue weighted by atomic mass is 9.90. The van der Waals surface area contributed by atoms with Gasteiger partial charge in [0.1, 0.15) is 0 Å². The maximum absolute atomic E-state index is 12.2. The average Bonchev–Trinajstić information content (AvgIpc) is 3.06. The van der Waals surface area contributed by atoms with Crippen molar-refractivity contribution in [2.45, 2.75) is 32.6 Å². The first kappa shape index (κ1) is 13.6. The van der Waals surface area contributed by atoms with Crippen LogP contribution in [0.15, 0.2) is 29.4 Å². The molecule has 4 heteroatoms. The molecule has 1 aromatic rings. The fraction of sp³-hybridized carbons (Fsp3) is 0.500. The van der Waals surface area contributed by atoms with Gasteiger partial charge < -0.3 is 0 Å². The molecule has 0 heterocycles. The van der Waals surface area contributed by atoms with E-state index in [4.69, 9.17) is 11.6 Å². The summed E-state index contributed by atoms with van der Waals surface area (Å²) in [6, 6.07) is 7.44. The number of carbonyl (C=O) groups is 1. The van der Waals surface area contributed by atoms with Gasteiger partial charge in [0.15, 0.2) is 0 Å². The second-order valence-electron chi connectivity index (χ2n) is 6.09. The molecule has 3 nitrogen and oxygen atoms in total. The smallest absolute Gasteiger partial charge is 0.244 e. The minimum Gasteiger partial charge on any atom is -0.273 e. The van der Waals surface area contributed by atoms with Crippen molar-refractivity contribution in [3.05, 3.63) is 34.9 Å². The van der Waals surface area contributed by atoms with E-state index in [9.17, 15) is 4.79 Å². The van der Waals surface area contributed by atoms with Crippen molar-refractivity contribution in [1.82, 2.24) is 5.43 Å². The van der Waals surface area contributed by atoms with Crippen LogP contribution in [0.4, 0.5) is 0 Å². The number of fused-ring (bicyclic) bond motifs is 1. The molecule has 0 saturated heterocycles. The molecule has 1 aromatic carbocycles. The van der Waals surface area contributed by atoms with Crippen molar-refractivity contribution in [3.8, 4) is 0 Å². The summed E-state index contributed by atoms with van der Waals surface area (Å²) in [5.74, 6) is 0.767. The third kappa shape index (κ3) is 2.35. The molecule has 2 saturated carbocycles. The quantitative estimate of drug-likeness (QED) is 0.670. The first-order valence-electron chi connectivity index (χ1n) is 7.20. The van der Waals surface area contributed by atoms with Gasteiger partial charge in [-0.15, -0.1) is 0 Å². The highest BCUT2D eigenvalue weighted by molar-refractivity contribution is 6.33. The van der Waals surface area contributed by atoms with Crippen LogP contribution in [0.3, 0.4) is 0 Å². The number of rotatable bonds is 3. The van der Waals surface area contributed by atoms with E-state index in [1.807, 2.05) is 18.2 Å². The fourth-order valence-electron chi connectivity index (χ4n) is 3.67. The molecule has 0 aromatic heterocycles. The second kappa shape index (κ2) is 5.21. The van der Waals surface area contributed by atoms with E-state index in [0.29, 0.717) is 10.9 Å². The average molecular weight is 291 g/mol. The standard InChI is InChI=1S/C16H19ClN2O/c1-16-9-5-4-7-12(16)14(16)15(20)19-18-10-11-6-2-3-8-13(11)17/h2-3,6,8,10,12,14H,4-5,7,9H2,1H3,(H,19,20)/b18-10-/t12-,14-,16-/m1/s1. The summed E-state index contributed by atoms with van der Waals surface area (Å²) in [7, 11) is 0. The maximum Gasteiger partial charge on any atom is 0.244 e. The summed E-state index contributed by atoms with van der Waals surface area (Å²) in [4.78, 5) is 12.2. The van der Waals surface area contributed by atoms with E-state index >= 15 is 0 Å². The molecule has 0 spiro atoms. The van der Waals surface area contributed by atoms with Gasteiger partial charge in [0.2, 0.25) is 5.91 Å². The van der Waals surface area contributed by atoms with Crippen molar-refractivity contribution >= 4 is 23.7 Å². The normalized spacial score (nSPS) is 31.9. The molecule has 0 aliphatic heterocycles. The van der Waals surface area contributed by atoms with Gasteiger partial charge >= 0.3 is 0 Å². The van der Waals surface area contributed by atoms with Gasteiger partial charge in [0.25, 0.3) is 0 Å². The van der Waals surface area contributed by atoms with Crippen molar-refractivity contribution in [2.75, 3.05) is 0 Å². The highest BCUT2D eigenvalue weighted by Crippen LogP contribution is 2.66. The molecule has 2 aliphatic carbocycles. The van der Waals surface area contributed by atoms with E-state index in [0.717, 1.165) is 5.56 Å². The molecule has 1 N–H and O–H groups in total. The summed E-state index contributed by atoms with van der Waals surface area (Å²) in [5.41, 5.74) is 3.71. The number of amides is 1. The molecule has 106 valence electrons. The summed E-state index contributed by atoms with van der Waals surface area (Å²) < 4.78 is 0. The fourth-order valence-corrected chi connectivity index (χ4v) is 3.85. The Labute approximate surface area is 124 Å². The monoisotopic (exact) mass is 290 g/mol. The third-order valence-corrected chi connectivity index (χ3v) is 5.24. The maximum atomic E-state index is 12.2. The number of halogens is 1. The lowest BCUT2D eigenvalue weighted by molar-refractivity contribution is -0.123. The molecule has 1 amide bonds. The van der Waals surface area contributed by atoms with Crippen LogP contribution in [0.2, 0.25) is 5.02 Å². The lowest BCUT2D eigenvalue weighted by Crippen LogP contribution is -2.22. The van der Waals surface area contributed by atoms with Crippen LogP contribution in [0.1, 0.15) is 38.2 Å². The first-order chi connectivity index (χ1) is 9.63. The first-order valence-corrected chi connectivity index (χ1v) is 7.58. The minimum atomic E-state index is 0.0581. The van der Waals surface area contributed by atoms with E-state index in [1.165, 1.54) is 25.7 Å². The Balaban J connectivity index is 1.60.